The smallest absolute Gasteiger partial charge is 0.385 e. The summed E-state index contributed by atoms with van der Waals surface area (Å²) in [7, 11) is 1.64. The van der Waals surface area contributed by atoms with Gasteiger partial charge in [0.05, 0.1) is 5.92 Å². The zero-order valence-corrected chi connectivity index (χ0v) is 11.7. The first-order chi connectivity index (χ1) is 8.90. The molecule has 2 atom stereocenters. The van der Waals surface area contributed by atoms with Crippen LogP contribution in [0.5, 0.6) is 0 Å². The Morgan fingerprint density at radius 3 is 2.26 bits per heavy atom. The molecule has 0 radical (unpaired) electrons. The maximum absolute atomic E-state index is 12.6. The lowest BCUT2D eigenvalue weighted by Gasteiger charge is -2.37. The van der Waals surface area contributed by atoms with E-state index in [1.54, 1.807) is 7.11 Å². The summed E-state index contributed by atoms with van der Waals surface area (Å²) in [6.07, 6.45) is -1.54. The Balaban J connectivity index is 2.47. The van der Waals surface area contributed by atoms with Crippen molar-refractivity contribution in [2.45, 2.75) is 51.2 Å². The predicted molar refractivity (Wildman–Crippen MR) is 68.3 cm³/mol. The Hall–Kier alpha value is -0.330. The number of halogens is 3. The summed E-state index contributed by atoms with van der Waals surface area (Å²) >= 11 is 0. The van der Waals surface area contributed by atoms with Gasteiger partial charge in [0.1, 0.15) is 0 Å². The van der Waals surface area contributed by atoms with E-state index in [1.165, 1.54) is 0 Å². The van der Waals surface area contributed by atoms with Crippen LogP contribution in [0.15, 0.2) is 0 Å². The van der Waals surface area contributed by atoms with Crippen molar-refractivity contribution >= 4 is 0 Å². The fourth-order valence-electron chi connectivity index (χ4n) is 3.05. The van der Waals surface area contributed by atoms with Crippen LogP contribution in [0.2, 0.25) is 0 Å². The third-order valence-electron chi connectivity index (χ3n) is 4.33. The minimum atomic E-state index is -4.04. The van der Waals surface area contributed by atoms with E-state index in [2.05, 4.69) is 12.3 Å². The molecular formula is C13H25F3N2O. The fourth-order valence-corrected chi connectivity index (χ4v) is 3.05. The molecular weight excluding hydrogens is 257 g/mol. The number of hydrogen-bond donors (Lipinski definition) is 2. The SMILES string of the molecule is COCCC(C)C(NN)C1CCC(C(F)(F)F)CC1. The van der Waals surface area contributed by atoms with Crippen molar-refractivity contribution in [3.63, 3.8) is 0 Å². The van der Waals surface area contributed by atoms with Crippen LogP contribution in [-0.2, 0) is 4.74 Å². The summed E-state index contributed by atoms with van der Waals surface area (Å²) in [5.74, 6) is 4.99. The van der Waals surface area contributed by atoms with Gasteiger partial charge in [0.15, 0.2) is 0 Å². The van der Waals surface area contributed by atoms with Crippen molar-refractivity contribution in [1.82, 2.24) is 5.43 Å². The molecule has 0 aromatic heterocycles. The molecule has 0 heterocycles. The molecule has 0 aromatic rings. The molecule has 3 nitrogen and oxygen atoms in total. The van der Waals surface area contributed by atoms with Gasteiger partial charge >= 0.3 is 6.18 Å². The van der Waals surface area contributed by atoms with Crippen molar-refractivity contribution in [2.24, 2.45) is 23.6 Å². The molecule has 0 bridgehead atoms. The molecule has 0 saturated heterocycles. The Bertz CT molecular complexity index is 253. The zero-order chi connectivity index (χ0) is 14.5. The molecule has 1 aliphatic rings. The second kappa shape index (κ2) is 7.45. The molecule has 19 heavy (non-hydrogen) atoms. The predicted octanol–water partition coefficient (Wildman–Crippen LogP) is 2.86. The standard InChI is InChI=1S/C13H25F3N2O/c1-9(7-8-19-2)12(18-17)10-3-5-11(6-4-10)13(14,15)16/h9-12,18H,3-8,17H2,1-2H3. The quantitative estimate of drug-likeness (QED) is 0.582. The van der Waals surface area contributed by atoms with Gasteiger partial charge < -0.3 is 4.74 Å². The maximum atomic E-state index is 12.6. The number of hydrazine groups is 1. The van der Waals surface area contributed by atoms with Crippen LogP contribution < -0.4 is 11.3 Å². The first-order valence-electron chi connectivity index (χ1n) is 6.92. The van der Waals surface area contributed by atoms with Crippen LogP contribution in [0.4, 0.5) is 13.2 Å². The molecule has 114 valence electrons. The van der Waals surface area contributed by atoms with E-state index in [0.717, 1.165) is 6.42 Å². The van der Waals surface area contributed by atoms with Gasteiger partial charge in [-0.05, 0) is 43.9 Å². The number of nitrogens with one attached hydrogen (secondary N) is 1. The van der Waals surface area contributed by atoms with Gasteiger partial charge in [-0.15, -0.1) is 0 Å². The van der Waals surface area contributed by atoms with Crippen molar-refractivity contribution < 1.29 is 17.9 Å². The molecule has 1 aliphatic carbocycles. The van der Waals surface area contributed by atoms with Crippen LogP contribution >= 0.6 is 0 Å². The molecule has 0 aromatic carbocycles. The summed E-state index contributed by atoms with van der Waals surface area (Å²) in [6, 6.07) is 0.0735. The Labute approximate surface area is 113 Å². The maximum Gasteiger partial charge on any atom is 0.391 e. The number of ether oxygens (including phenoxy) is 1. The van der Waals surface area contributed by atoms with Crippen LogP contribution in [-0.4, -0.2) is 25.9 Å². The minimum absolute atomic E-state index is 0.0735. The van der Waals surface area contributed by atoms with Crippen molar-refractivity contribution in [3.8, 4) is 0 Å². The average molecular weight is 282 g/mol. The van der Waals surface area contributed by atoms with Gasteiger partial charge in [-0.2, -0.15) is 13.2 Å². The first kappa shape index (κ1) is 16.7. The van der Waals surface area contributed by atoms with Crippen molar-refractivity contribution in [3.05, 3.63) is 0 Å². The highest BCUT2D eigenvalue weighted by Crippen LogP contribution is 2.41. The van der Waals surface area contributed by atoms with E-state index >= 15 is 0 Å². The molecule has 1 fully saturated rings. The van der Waals surface area contributed by atoms with Crippen molar-refractivity contribution in [2.75, 3.05) is 13.7 Å². The number of methoxy groups -OCH3 is 1. The monoisotopic (exact) mass is 282 g/mol. The summed E-state index contributed by atoms with van der Waals surface area (Å²) in [4.78, 5) is 0. The molecule has 3 N–H and O–H groups in total. The fraction of sp³-hybridized carbons (Fsp3) is 1.00. The Kier molecular flexibility index (Phi) is 6.56. The van der Waals surface area contributed by atoms with E-state index in [1.807, 2.05) is 0 Å². The average Bonchev–Trinajstić information content (AvgIpc) is 2.37. The first-order valence-corrected chi connectivity index (χ1v) is 6.92. The highest BCUT2D eigenvalue weighted by Gasteiger charge is 2.42. The van der Waals surface area contributed by atoms with E-state index in [-0.39, 0.29) is 24.8 Å². The zero-order valence-electron chi connectivity index (χ0n) is 11.7. The second-order valence-electron chi connectivity index (χ2n) is 5.60. The summed E-state index contributed by atoms with van der Waals surface area (Å²) < 4.78 is 42.9. The van der Waals surface area contributed by atoms with Gasteiger partial charge in [-0.3, -0.25) is 11.3 Å². The molecule has 6 heteroatoms. The molecule has 0 aliphatic heterocycles. The number of rotatable bonds is 6. The summed E-state index contributed by atoms with van der Waals surface area (Å²) in [5, 5.41) is 0. The second-order valence-corrected chi connectivity index (χ2v) is 5.60. The normalized spacial score (nSPS) is 28.1. The van der Waals surface area contributed by atoms with Gasteiger partial charge in [0.2, 0.25) is 0 Å². The van der Waals surface area contributed by atoms with Crippen LogP contribution in [0.3, 0.4) is 0 Å². The minimum Gasteiger partial charge on any atom is -0.385 e. The lowest BCUT2D eigenvalue weighted by molar-refractivity contribution is -0.184. The largest absolute Gasteiger partial charge is 0.391 e. The van der Waals surface area contributed by atoms with E-state index in [9.17, 15) is 13.2 Å². The van der Waals surface area contributed by atoms with E-state index in [0.29, 0.717) is 25.4 Å². The molecule has 0 spiro atoms. The van der Waals surface area contributed by atoms with Gasteiger partial charge in [-0.25, -0.2) is 0 Å². The third kappa shape index (κ3) is 4.93. The van der Waals surface area contributed by atoms with Crippen LogP contribution in [0, 0.1) is 17.8 Å². The Morgan fingerprint density at radius 1 is 1.26 bits per heavy atom. The highest BCUT2D eigenvalue weighted by atomic mass is 19.4. The van der Waals surface area contributed by atoms with Crippen LogP contribution in [0.25, 0.3) is 0 Å². The van der Waals surface area contributed by atoms with Gasteiger partial charge in [0.25, 0.3) is 0 Å². The van der Waals surface area contributed by atoms with Gasteiger partial charge in [-0.1, -0.05) is 6.92 Å². The lowest BCUT2D eigenvalue weighted by Crippen LogP contribution is -2.47. The van der Waals surface area contributed by atoms with Crippen molar-refractivity contribution in [1.29, 1.82) is 0 Å². The summed E-state index contributed by atoms with van der Waals surface area (Å²) in [5.41, 5.74) is 2.80. The number of hydrogen-bond acceptors (Lipinski definition) is 3. The molecule has 1 saturated carbocycles. The van der Waals surface area contributed by atoms with E-state index in [4.69, 9.17) is 10.6 Å². The summed E-state index contributed by atoms with van der Waals surface area (Å²) in [6.45, 7) is 2.72. The highest BCUT2D eigenvalue weighted by molar-refractivity contribution is 4.85. The van der Waals surface area contributed by atoms with Gasteiger partial charge in [0, 0.05) is 19.8 Å². The molecule has 0 amide bonds. The number of nitrogens with two attached hydrogens (primary N) is 1. The third-order valence-corrected chi connectivity index (χ3v) is 4.33. The molecule has 2 unspecified atom stereocenters. The van der Waals surface area contributed by atoms with E-state index < -0.39 is 12.1 Å². The Morgan fingerprint density at radius 2 is 1.84 bits per heavy atom. The molecule has 1 rings (SSSR count). The van der Waals surface area contributed by atoms with Crippen LogP contribution in [0.1, 0.15) is 39.0 Å². The number of alkyl halides is 3. The lowest BCUT2D eigenvalue weighted by atomic mass is 9.75. The topological polar surface area (TPSA) is 47.3 Å².